The number of aromatic nitrogens is 1. The van der Waals surface area contributed by atoms with E-state index in [0.29, 0.717) is 30.3 Å². The number of aliphatic carboxylic acids is 1. The minimum absolute atomic E-state index is 0.236. The fourth-order valence-electron chi connectivity index (χ4n) is 2.04. The van der Waals surface area contributed by atoms with E-state index in [-0.39, 0.29) is 18.3 Å². The Labute approximate surface area is 133 Å². The lowest BCUT2D eigenvalue weighted by molar-refractivity contribution is -0.139. The lowest BCUT2D eigenvalue weighted by Gasteiger charge is -2.06. The van der Waals surface area contributed by atoms with Crippen molar-refractivity contribution in [2.75, 3.05) is 13.2 Å². The van der Waals surface area contributed by atoms with E-state index in [2.05, 4.69) is 10.3 Å². The van der Waals surface area contributed by atoms with Crippen LogP contribution in [0, 0.1) is 13.8 Å². The van der Waals surface area contributed by atoms with Gasteiger partial charge in [0.2, 0.25) is 5.76 Å². The Kier molecular flexibility index (Phi) is 5.35. The Balaban J connectivity index is 1.81. The molecule has 0 bridgehead atoms. The molecule has 122 valence electrons. The Bertz CT molecular complexity index is 691. The zero-order chi connectivity index (χ0) is 16.8. The molecule has 2 rings (SSSR count). The van der Waals surface area contributed by atoms with E-state index >= 15 is 0 Å². The maximum absolute atomic E-state index is 12.0. The van der Waals surface area contributed by atoms with Crippen molar-refractivity contribution < 1.29 is 23.8 Å². The van der Waals surface area contributed by atoms with Gasteiger partial charge < -0.3 is 19.6 Å². The molecule has 1 aromatic heterocycles. The van der Waals surface area contributed by atoms with Gasteiger partial charge in [-0.1, -0.05) is 12.1 Å². The van der Waals surface area contributed by atoms with Crippen LogP contribution in [0.15, 0.2) is 28.7 Å². The van der Waals surface area contributed by atoms with Crippen molar-refractivity contribution in [3.63, 3.8) is 0 Å². The average Bonchev–Trinajstić information content (AvgIpc) is 2.85. The third-order valence-corrected chi connectivity index (χ3v) is 3.09. The molecule has 0 atom stereocenters. The Morgan fingerprint density at radius 3 is 2.52 bits per heavy atom. The number of ether oxygens (including phenoxy) is 1. The summed E-state index contributed by atoms with van der Waals surface area (Å²) in [7, 11) is 0. The molecule has 7 heteroatoms. The molecule has 0 saturated carbocycles. The van der Waals surface area contributed by atoms with Gasteiger partial charge in [0.25, 0.3) is 5.91 Å². The van der Waals surface area contributed by atoms with Gasteiger partial charge in [-0.2, -0.15) is 0 Å². The monoisotopic (exact) mass is 318 g/mol. The van der Waals surface area contributed by atoms with Gasteiger partial charge in [-0.3, -0.25) is 4.79 Å². The fourth-order valence-corrected chi connectivity index (χ4v) is 2.04. The summed E-state index contributed by atoms with van der Waals surface area (Å²) >= 11 is 0. The minimum Gasteiger partial charge on any atom is -0.482 e. The smallest absolute Gasteiger partial charge is 0.341 e. The van der Waals surface area contributed by atoms with Crippen molar-refractivity contribution in [3.05, 3.63) is 47.2 Å². The summed E-state index contributed by atoms with van der Waals surface area (Å²) in [4.78, 5) is 26.4. The molecule has 0 aliphatic carbocycles. The second-order valence-electron chi connectivity index (χ2n) is 4.98. The molecule has 0 unspecified atom stereocenters. The Morgan fingerprint density at radius 2 is 1.96 bits per heavy atom. The predicted octanol–water partition coefficient (Wildman–Crippen LogP) is 1.73. The molecule has 0 radical (unpaired) electrons. The number of benzene rings is 1. The summed E-state index contributed by atoms with van der Waals surface area (Å²) in [6.07, 6.45) is 0.636. The van der Waals surface area contributed by atoms with E-state index in [4.69, 9.17) is 14.3 Å². The standard InChI is InChI=1S/C16H18N2O5/c1-10-15(23-11(2)18-10)16(21)17-8-7-12-3-5-13(6-4-12)22-9-14(19)20/h3-6H,7-9H2,1-2H3,(H,17,21)(H,19,20). The van der Waals surface area contributed by atoms with Crippen molar-refractivity contribution >= 4 is 11.9 Å². The molecule has 1 aromatic carbocycles. The number of rotatable bonds is 7. The second-order valence-corrected chi connectivity index (χ2v) is 4.98. The number of nitrogens with zero attached hydrogens (tertiary/aromatic N) is 1. The van der Waals surface area contributed by atoms with E-state index in [1.165, 1.54) is 0 Å². The summed E-state index contributed by atoms with van der Waals surface area (Å²) in [5, 5.41) is 11.3. The van der Waals surface area contributed by atoms with Gasteiger partial charge >= 0.3 is 5.97 Å². The maximum Gasteiger partial charge on any atom is 0.341 e. The highest BCUT2D eigenvalue weighted by atomic mass is 16.5. The summed E-state index contributed by atoms with van der Waals surface area (Å²) in [5.41, 5.74) is 1.57. The molecule has 23 heavy (non-hydrogen) atoms. The molecule has 1 amide bonds. The van der Waals surface area contributed by atoms with Gasteiger partial charge in [0.1, 0.15) is 5.75 Å². The van der Waals surface area contributed by atoms with Crippen molar-refractivity contribution in [1.29, 1.82) is 0 Å². The van der Waals surface area contributed by atoms with Gasteiger partial charge in [0.15, 0.2) is 12.5 Å². The van der Waals surface area contributed by atoms with Crippen molar-refractivity contribution in [2.45, 2.75) is 20.3 Å². The van der Waals surface area contributed by atoms with Crippen LogP contribution in [0.2, 0.25) is 0 Å². The highest BCUT2D eigenvalue weighted by molar-refractivity contribution is 5.92. The SMILES string of the molecule is Cc1nc(C)c(C(=O)NCCc2ccc(OCC(=O)O)cc2)o1. The fraction of sp³-hybridized carbons (Fsp3) is 0.312. The van der Waals surface area contributed by atoms with Crippen LogP contribution >= 0.6 is 0 Å². The van der Waals surface area contributed by atoms with Gasteiger partial charge in [0.05, 0.1) is 5.69 Å². The Hall–Kier alpha value is -2.83. The number of carboxylic acid groups (broad SMARTS) is 1. The molecule has 0 aliphatic rings. The van der Waals surface area contributed by atoms with E-state index in [1.54, 1.807) is 26.0 Å². The number of hydrogen-bond donors (Lipinski definition) is 2. The third kappa shape index (κ3) is 4.84. The number of nitrogens with one attached hydrogen (secondary N) is 1. The zero-order valence-corrected chi connectivity index (χ0v) is 13.0. The largest absolute Gasteiger partial charge is 0.482 e. The topological polar surface area (TPSA) is 102 Å². The molecule has 0 spiro atoms. The van der Waals surface area contributed by atoms with E-state index < -0.39 is 5.97 Å². The highest BCUT2D eigenvalue weighted by Crippen LogP contribution is 2.13. The Morgan fingerprint density at radius 1 is 1.26 bits per heavy atom. The first-order valence-electron chi connectivity index (χ1n) is 7.11. The number of hydrogen-bond acceptors (Lipinski definition) is 5. The molecule has 2 aromatic rings. The molecular weight excluding hydrogens is 300 g/mol. The van der Waals surface area contributed by atoms with Crippen molar-refractivity contribution in [3.8, 4) is 5.75 Å². The number of carbonyl (C=O) groups is 2. The summed E-state index contributed by atoms with van der Waals surface area (Å²) in [6.45, 7) is 3.50. The lowest BCUT2D eigenvalue weighted by atomic mass is 10.1. The normalized spacial score (nSPS) is 10.3. The summed E-state index contributed by atoms with van der Waals surface area (Å²) < 4.78 is 10.3. The highest BCUT2D eigenvalue weighted by Gasteiger charge is 2.15. The van der Waals surface area contributed by atoms with E-state index in [9.17, 15) is 9.59 Å². The number of carboxylic acids is 1. The van der Waals surface area contributed by atoms with E-state index in [0.717, 1.165) is 5.56 Å². The van der Waals surface area contributed by atoms with Gasteiger partial charge in [0, 0.05) is 13.5 Å². The third-order valence-electron chi connectivity index (χ3n) is 3.09. The molecule has 0 aliphatic heterocycles. The van der Waals surface area contributed by atoms with Crippen LogP contribution in [0.25, 0.3) is 0 Å². The molecule has 0 saturated heterocycles. The first kappa shape index (κ1) is 16.5. The van der Waals surface area contributed by atoms with Gasteiger partial charge in [-0.15, -0.1) is 0 Å². The predicted molar refractivity (Wildman–Crippen MR) is 81.6 cm³/mol. The van der Waals surface area contributed by atoms with E-state index in [1.807, 2.05) is 12.1 Å². The second kappa shape index (κ2) is 7.44. The van der Waals surface area contributed by atoms with Crippen LogP contribution < -0.4 is 10.1 Å². The van der Waals surface area contributed by atoms with Crippen LogP contribution in [0.5, 0.6) is 5.75 Å². The van der Waals surface area contributed by atoms with Gasteiger partial charge in [-0.25, -0.2) is 9.78 Å². The number of amides is 1. The molecule has 0 fully saturated rings. The van der Waals surface area contributed by atoms with Crippen LogP contribution in [-0.4, -0.2) is 35.1 Å². The van der Waals surface area contributed by atoms with Crippen LogP contribution in [0.3, 0.4) is 0 Å². The van der Waals surface area contributed by atoms with Crippen molar-refractivity contribution in [1.82, 2.24) is 10.3 Å². The zero-order valence-electron chi connectivity index (χ0n) is 13.0. The number of carbonyl (C=O) groups excluding carboxylic acids is 1. The lowest BCUT2D eigenvalue weighted by Crippen LogP contribution is -2.25. The first-order valence-corrected chi connectivity index (χ1v) is 7.11. The average molecular weight is 318 g/mol. The summed E-state index contributed by atoms with van der Waals surface area (Å²) in [6, 6.07) is 7.05. The maximum atomic E-state index is 12.0. The van der Waals surface area contributed by atoms with Crippen LogP contribution in [0.1, 0.15) is 27.7 Å². The molecule has 1 heterocycles. The minimum atomic E-state index is -1.02. The number of oxazole rings is 1. The summed E-state index contributed by atoms with van der Waals surface area (Å²) in [5.74, 6) is -0.114. The molecular formula is C16H18N2O5. The van der Waals surface area contributed by atoms with Gasteiger partial charge in [-0.05, 0) is 31.0 Å². The quantitative estimate of drug-likeness (QED) is 0.806. The van der Waals surface area contributed by atoms with Crippen molar-refractivity contribution in [2.24, 2.45) is 0 Å². The van der Waals surface area contributed by atoms with Crippen LogP contribution in [0.4, 0.5) is 0 Å². The number of aryl methyl sites for hydroxylation is 2. The first-order chi connectivity index (χ1) is 11.0. The molecule has 2 N–H and O–H groups in total. The molecule has 7 nitrogen and oxygen atoms in total. The van der Waals surface area contributed by atoms with Crippen LogP contribution in [-0.2, 0) is 11.2 Å².